The quantitative estimate of drug-likeness (QED) is 0.586. The first-order valence-electron chi connectivity index (χ1n) is 7.36. The molecule has 0 aliphatic rings. The van der Waals surface area contributed by atoms with Crippen molar-refractivity contribution in [3.63, 3.8) is 0 Å². The summed E-state index contributed by atoms with van der Waals surface area (Å²) in [5.74, 6) is 0.871. The zero-order chi connectivity index (χ0) is 17.3. The summed E-state index contributed by atoms with van der Waals surface area (Å²) in [5.41, 5.74) is 0.898. The molecule has 2 aromatic carbocycles. The van der Waals surface area contributed by atoms with Crippen molar-refractivity contribution in [2.24, 2.45) is 0 Å². The number of rotatable bonds is 4. The minimum atomic E-state index is -0.511. The SMILES string of the molecule is Cc1cc(O[C@H](C)c2nc3ccccc3c(=O)[nH]2)ccc1[N+](=O)[O-]. The number of nitrogens with zero attached hydrogens (tertiary/aromatic N) is 2. The van der Waals surface area contributed by atoms with Crippen molar-refractivity contribution in [1.82, 2.24) is 9.97 Å². The highest BCUT2D eigenvalue weighted by atomic mass is 16.6. The molecule has 0 aliphatic heterocycles. The summed E-state index contributed by atoms with van der Waals surface area (Å²) in [4.78, 5) is 29.6. The second-order valence-corrected chi connectivity index (χ2v) is 5.43. The van der Waals surface area contributed by atoms with Crippen LogP contribution in [-0.4, -0.2) is 14.9 Å². The number of para-hydroxylation sites is 1. The van der Waals surface area contributed by atoms with E-state index in [0.29, 0.717) is 28.0 Å². The number of aromatic nitrogens is 2. The Morgan fingerprint density at radius 1 is 1.25 bits per heavy atom. The van der Waals surface area contributed by atoms with E-state index in [1.807, 2.05) is 6.07 Å². The Labute approximate surface area is 137 Å². The molecule has 1 N–H and O–H groups in total. The third-order valence-electron chi connectivity index (χ3n) is 3.69. The van der Waals surface area contributed by atoms with Gasteiger partial charge in [0.05, 0.1) is 15.8 Å². The van der Waals surface area contributed by atoms with Crippen LogP contribution >= 0.6 is 0 Å². The summed E-state index contributed by atoms with van der Waals surface area (Å²) in [5, 5.41) is 11.4. The van der Waals surface area contributed by atoms with Gasteiger partial charge in [0, 0.05) is 11.6 Å². The van der Waals surface area contributed by atoms with Crippen LogP contribution in [0.25, 0.3) is 10.9 Å². The predicted molar refractivity (Wildman–Crippen MR) is 89.2 cm³/mol. The zero-order valence-corrected chi connectivity index (χ0v) is 13.1. The van der Waals surface area contributed by atoms with Crippen LogP contribution in [0.15, 0.2) is 47.3 Å². The lowest BCUT2D eigenvalue weighted by molar-refractivity contribution is -0.385. The van der Waals surface area contributed by atoms with Gasteiger partial charge in [0.25, 0.3) is 11.2 Å². The van der Waals surface area contributed by atoms with Gasteiger partial charge in [-0.2, -0.15) is 0 Å². The van der Waals surface area contributed by atoms with E-state index >= 15 is 0 Å². The van der Waals surface area contributed by atoms with E-state index in [2.05, 4.69) is 9.97 Å². The Bertz CT molecular complexity index is 981. The van der Waals surface area contributed by atoms with Crippen molar-refractivity contribution in [3.05, 3.63) is 74.3 Å². The molecule has 0 bridgehead atoms. The number of aryl methyl sites for hydroxylation is 1. The van der Waals surface area contributed by atoms with Gasteiger partial charge in [0.15, 0.2) is 11.9 Å². The summed E-state index contributed by atoms with van der Waals surface area (Å²) in [7, 11) is 0. The molecule has 7 nitrogen and oxygen atoms in total. The topological polar surface area (TPSA) is 98.1 Å². The number of hydrogen-bond acceptors (Lipinski definition) is 5. The first-order valence-corrected chi connectivity index (χ1v) is 7.36. The van der Waals surface area contributed by atoms with Gasteiger partial charge in [-0.05, 0) is 38.1 Å². The maximum atomic E-state index is 12.1. The molecule has 122 valence electrons. The standard InChI is InChI=1S/C17H15N3O4/c1-10-9-12(7-8-15(10)20(22)23)24-11(2)16-18-14-6-4-3-5-13(14)17(21)19-16/h3-9,11H,1-2H3,(H,18,19,21)/t11-/m1/s1. The van der Waals surface area contributed by atoms with Crippen LogP contribution in [0.3, 0.4) is 0 Å². The minimum absolute atomic E-state index is 0.0345. The molecule has 1 aromatic heterocycles. The first kappa shape index (κ1) is 15.7. The van der Waals surface area contributed by atoms with Gasteiger partial charge in [0.1, 0.15) is 5.75 Å². The van der Waals surface area contributed by atoms with Crippen molar-refractivity contribution >= 4 is 16.6 Å². The number of fused-ring (bicyclic) bond motifs is 1. The van der Waals surface area contributed by atoms with Crippen LogP contribution in [0.2, 0.25) is 0 Å². The van der Waals surface area contributed by atoms with E-state index in [0.717, 1.165) is 0 Å². The fraction of sp³-hybridized carbons (Fsp3) is 0.176. The molecule has 3 rings (SSSR count). The van der Waals surface area contributed by atoms with Crippen LogP contribution in [0.5, 0.6) is 5.75 Å². The van der Waals surface area contributed by atoms with Crippen molar-refractivity contribution in [1.29, 1.82) is 0 Å². The van der Waals surface area contributed by atoms with Gasteiger partial charge in [-0.3, -0.25) is 14.9 Å². The van der Waals surface area contributed by atoms with Gasteiger partial charge < -0.3 is 9.72 Å². The molecule has 0 spiro atoms. The Kier molecular flexibility index (Phi) is 3.99. The molecule has 1 heterocycles. The lowest BCUT2D eigenvalue weighted by Gasteiger charge is -2.14. The van der Waals surface area contributed by atoms with Gasteiger partial charge >= 0.3 is 0 Å². The number of nitro benzene ring substituents is 1. The van der Waals surface area contributed by atoms with Crippen LogP contribution in [0.1, 0.15) is 24.4 Å². The molecular formula is C17H15N3O4. The molecule has 0 saturated heterocycles. The minimum Gasteiger partial charge on any atom is -0.483 e. The molecule has 0 unspecified atom stereocenters. The summed E-state index contributed by atoms with van der Waals surface area (Å²) in [6.07, 6.45) is -0.511. The second-order valence-electron chi connectivity index (χ2n) is 5.43. The van der Waals surface area contributed by atoms with Crippen LogP contribution in [0.4, 0.5) is 5.69 Å². The molecule has 0 aliphatic carbocycles. The zero-order valence-electron chi connectivity index (χ0n) is 13.1. The molecule has 0 amide bonds. The molecule has 24 heavy (non-hydrogen) atoms. The molecule has 7 heteroatoms. The van der Waals surface area contributed by atoms with E-state index in [1.165, 1.54) is 12.1 Å². The van der Waals surface area contributed by atoms with Gasteiger partial charge in [-0.1, -0.05) is 12.1 Å². The lowest BCUT2D eigenvalue weighted by atomic mass is 10.2. The number of hydrogen-bond donors (Lipinski definition) is 1. The van der Waals surface area contributed by atoms with Gasteiger partial charge in [-0.15, -0.1) is 0 Å². The number of nitrogens with one attached hydrogen (secondary N) is 1. The number of H-pyrrole nitrogens is 1. The van der Waals surface area contributed by atoms with E-state index < -0.39 is 11.0 Å². The first-order chi connectivity index (χ1) is 11.5. The van der Waals surface area contributed by atoms with Gasteiger partial charge in [0.2, 0.25) is 0 Å². The molecule has 0 fully saturated rings. The van der Waals surface area contributed by atoms with Crippen LogP contribution in [-0.2, 0) is 0 Å². The number of benzene rings is 2. The smallest absolute Gasteiger partial charge is 0.272 e. The van der Waals surface area contributed by atoms with Crippen molar-refractivity contribution in [2.45, 2.75) is 20.0 Å². The Hall–Kier alpha value is -3.22. The van der Waals surface area contributed by atoms with E-state index in [1.54, 1.807) is 38.1 Å². The summed E-state index contributed by atoms with van der Waals surface area (Å²) < 4.78 is 5.76. The molecule has 1 atom stereocenters. The average molecular weight is 325 g/mol. The third kappa shape index (κ3) is 2.96. The maximum Gasteiger partial charge on any atom is 0.272 e. The lowest BCUT2D eigenvalue weighted by Crippen LogP contribution is -2.16. The van der Waals surface area contributed by atoms with Crippen molar-refractivity contribution in [3.8, 4) is 5.75 Å². The Balaban J connectivity index is 1.90. The normalized spacial score (nSPS) is 12.1. The Morgan fingerprint density at radius 2 is 2.00 bits per heavy atom. The molecular weight excluding hydrogens is 310 g/mol. The average Bonchev–Trinajstić information content (AvgIpc) is 2.54. The monoisotopic (exact) mass is 325 g/mol. The number of aromatic amines is 1. The molecule has 0 radical (unpaired) electrons. The van der Waals surface area contributed by atoms with Crippen molar-refractivity contribution < 1.29 is 9.66 Å². The summed E-state index contributed by atoms with van der Waals surface area (Å²) in [6.45, 7) is 3.40. The van der Waals surface area contributed by atoms with Crippen molar-refractivity contribution in [2.75, 3.05) is 0 Å². The highest BCUT2D eigenvalue weighted by molar-refractivity contribution is 5.77. The maximum absolute atomic E-state index is 12.1. The highest BCUT2D eigenvalue weighted by Crippen LogP contribution is 2.26. The summed E-state index contributed by atoms with van der Waals surface area (Å²) in [6, 6.07) is 11.6. The fourth-order valence-corrected chi connectivity index (χ4v) is 2.46. The largest absolute Gasteiger partial charge is 0.483 e. The Morgan fingerprint density at radius 3 is 2.71 bits per heavy atom. The molecule has 0 saturated carbocycles. The molecule has 3 aromatic rings. The van der Waals surface area contributed by atoms with Crippen LogP contribution < -0.4 is 10.3 Å². The fourth-order valence-electron chi connectivity index (χ4n) is 2.46. The summed E-state index contributed by atoms with van der Waals surface area (Å²) >= 11 is 0. The van der Waals surface area contributed by atoms with E-state index in [-0.39, 0.29) is 11.2 Å². The second kappa shape index (κ2) is 6.11. The number of nitro groups is 1. The van der Waals surface area contributed by atoms with Gasteiger partial charge in [-0.25, -0.2) is 4.98 Å². The highest BCUT2D eigenvalue weighted by Gasteiger charge is 2.15. The van der Waals surface area contributed by atoms with Crippen LogP contribution in [0, 0.1) is 17.0 Å². The number of ether oxygens (including phenoxy) is 1. The predicted octanol–water partition coefficient (Wildman–Crippen LogP) is 3.28. The van der Waals surface area contributed by atoms with E-state index in [9.17, 15) is 14.9 Å². The third-order valence-corrected chi connectivity index (χ3v) is 3.69. The van der Waals surface area contributed by atoms with E-state index in [4.69, 9.17) is 4.74 Å².